The number of nitrogens with one attached hydrogen (secondary N) is 2. The summed E-state index contributed by atoms with van der Waals surface area (Å²) in [5.41, 5.74) is 0.666. The summed E-state index contributed by atoms with van der Waals surface area (Å²) < 4.78 is 10.9. The predicted molar refractivity (Wildman–Crippen MR) is 96.4 cm³/mol. The van der Waals surface area contributed by atoms with Crippen LogP contribution >= 0.6 is 0 Å². The summed E-state index contributed by atoms with van der Waals surface area (Å²) in [5, 5.41) is 9.53. The van der Waals surface area contributed by atoms with E-state index in [1.807, 2.05) is 12.1 Å². The van der Waals surface area contributed by atoms with Gasteiger partial charge >= 0.3 is 0 Å². The van der Waals surface area contributed by atoms with E-state index >= 15 is 0 Å². The van der Waals surface area contributed by atoms with Gasteiger partial charge in [-0.25, -0.2) is 0 Å². The molecule has 0 spiro atoms. The summed E-state index contributed by atoms with van der Waals surface area (Å²) in [6.45, 7) is 0.990. The lowest BCUT2D eigenvalue weighted by atomic mass is 10.1. The van der Waals surface area contributed by atoms with Gasteiger partial charge in [-0.15, -0.1) is 5.10 Å². The second-order valence-electron chi connectivity index (χ2n) is 6.61. The van der Waals surface area contributed by atoms with Crippen LogP contribution in [0.1, 0.15) is 31.2 Å². The maximum Gasteiger partial charge on any atom is 0.248 e. The van der Waals surface area contributed by atoms with Gasteiger partial charge in [0.15, 0.2) is 5.82 Å². The summed E-state index contributed by atoms with van der Waals surface area (Å²) in [5.74, 6) is 0.539. The van der Waals surface area contributed by atoms with Crippen LogP contribution in [-0.2, 0) is 14.3 Å². The first-order valence-corrected chi connectivity index (χ1v) is 8.94. The average molecular weight is 371 g/mol. The van der Waals surface area contributed by atoms with Crippen LogP contribution in [-0.4, -0.2) is 47.3 Å². The van der Waals surface area contributed by atoms with E-state index in [4.69, 9.17) is 9.47 Å². The molecule has 3 heterocycles. The molecule has 1 aromatic heterocycles. The summed E-state index contributed by atoms with van der Waals surface area (Å²) in [4.78, 5) is 30.9. The lowest BCUT2D eigenvalue weighted by molar-refractivity contribution is -0.122. The standard InChI is InChI=1S/C18H21N5O4/c1-26-13-6-3-2-5-12(13)23-10-11(9-15(23)24)17(25)20-18-19-16(21-22-18)14-7-4-8-27-14/h2-3,5-6,11,14H,4,7-10H2,1H3,(H2,19,20,21,22,25)/t11-,14-/m0/s1. The van der Waals surface area contributed by atoms with E-state index in [0.29, 0.717) is 23.9 Å². The SMILES string of the molecule is COc1ccccc1N1C[C@@H](C(=O)Nc2n[nH]c([C@@H]3CCCO3)n2)CC1=O. The molecule has 2 aliphatic heterocycles. The van der Waals surface area contributed by atoms with Crippen molar-refractivity contribution in [3.63, 3.8) is 0 Å². The van der Waals surface area contributed by atoms with Crippen LogP contribution in [0.2, 0.25) is 0 Å². The Balaban J connectivity index is 1.42. The number of hydrogen-bond donors (Lipinski definition) is 2. The van der Waals surface area contributed by atoms with Crippen molar-refractivity contribution < 1.29 is 19.1 Å². The highest BCUT2D eigenvalue weighted by molar-refractivity contribution is 6.03. The van der Waals surface area contributed by atoms with Crippen molar-refractivity contribution in [1.29, 1.82) is 0 Å². The van der Waals surface area contributed by atoms with E-state index in [-0.39, 0.29) is 36.8 Å². The molecule has 2 atom stereocenters. The fourth-order valence-electron chi connectivity index (χ4n) is 3.45. The maximum absolute atomic E-state index is 12.6. The van der Waals surface area contributed by atoms with Crippen LogP contribution in [0.25, 0.3) is 0 Å². The number of aromatic amines is 1. The molecule has 2 aliphatic rings. The van der Waals surface area contributed by atoms with Gasteiger partial charge in [0.1, 0.15) is 11.9 Å². The van der Waals surface area contributed by atoms with Gasteiger partial charge in [-0.1, -0.05) is 12.1 Å². The Morgan fingerprint density at radius 3 is 3.04 bits per heavy atom. The topological polar surface area (TPSA) is 109 Å². The van der Waals surface area contributed by atoms with E-state index < -0.39 is 5.92 Å². The van der Waals surface area contributed by atoms with Crippen molar-refractivity contribution in [2.24, 2.45) is 5.92 Å². The first-order valence-electron chi connectivity index (χ1n) is 8.94. The molecule has 27 heavy (non-hydrogen) atoms. The molecule has 1 aromatic carbocycles. The molecule has 9 heteroatoms. The normalized spacial score (nSPS) is 22.3. The molecule has 2 saturated heterocycles. The first kappa shape index (κ1) is 17.5. The van der Waals surface area contributed by atoms with E-state index in [1.54, 1.807) is 24.1 Å². The number of nitrogens with zero attached hydrogens (tertiary/aromatic N) is 3. The minimum Gasteiger partial charge on any atom is -0.495 e. The molecule has 9 nitrogen and oxygen atoms in total. The molecule has 142 valence electrons. The first-order chi connectivity index (χ1) is 13.2. The highest BCUT2D eigenvalue weighted by atomic mass is 16.5. The van der Waals surface area contributed by atoms with Crippen LogP contribution in [0.5, 0.6) is 5.75 Å². The zero-order valence-corrected chi connectivity index (χ0v) is 15.0. The number of benzene rings is 1. The van der Waals surface area contributed by atoms with Crippen LogP contribution in [0, 0.1) is 5.92 Å². The molecule has 0 bridgehead atoms. The number of amides is 2. The van der Waals surface area contributed by atoms with Crippen molar-refractivity contribution in [2.75, 3.05) is 30.5 Å². The largest absolute Gasteiger partial charge is 0.495 e. The quantitative estimate of drug-likeness (QED) is 0.827. The monoisotopic (exact) mass is 371 g/mol. The number of para-hydroxylation sites is 2. The van der Waals surface area contributed by atoms with Gasteiger partial charge in [-0.3, -0.25) is 20.0 Å². The van der Waals surface area contributed by atoms with Crippen LogP contribution < -0.4 is 15.0 Å². The minimum absolute atomic E-state index is 0.0998. The lowest BCUT2D eigenvalue weighted by Gasteiger charge is -2.19. The molecule has 2 fully saturated rings. The molecule has 2 amide bonds. The van der Waals surface area contributed by atoms with Gasteiger partial charge in [0.05, 0.1) is 18.7 Å². The number of carbonyl (C=O) groups is 2. The molecular formula is C18H21N5O4. The number of carbonyl (C=O) groups excluding carboxylic acids is 2. The van der Waals surface area contributed by atoms with Gasteiger partial charge in [0.2, 0.25) is 17.8 Å². The number of H-pyrrole nitrogens is 1. The van der Waals surface area contributed by atoms with Crippen molar-refractivity contribution in [2.45, 2.75) is 25.4 Å². The van der Waals surface area contributed by atoms with Gasteiger partial charge in [0, 0.05) is 19.6 Å². The van der Waals surface area contributed by atoms with E-state index in [0.717, 1.165) is 12.8 Å². The molecule has 0 aliphatic carbocycles. The van der Waals surface area contributed by atoms with E-state index in [2.05, 4.69) is 20.5 Å². The third-order valence-electron chi connectivity index (χ3n) is 4.84. The van der Waals surface area contributed by atoms with Gasteiger partial charge in [-0.05, 0) is 25.0 Å². The molecule has 2 aromatic rings. The Hall–Kier alpha value is -2.94. The fourth-order valence-corrected chi connectivity index (χ4v) is 3.45. The van der Waals surface area contributed by atoms with Gasteiger partial charge in [0.25, 0.3) is 0 Å². The van der Waals surface area contributed by atoms with Crippen LogP contribution in [0.15, 0.2) is 24.3 Å². The minimum atomic E-state index is -0.480. The number of ether oxygens (including phenoxy) is 2. The Bertz CT molecular complexity index is 846. The smallest absolute Gasteiger partial charge is 0.248 e. The molecule has 0 radical (unpaired) electrons. The van der Waals surface area contributed by atoms with E-state index in [9.17, 15) is 9.59 Å². The highest BCUT2D eigenvalue weighted by Crippen LogP contribution is 2.33. The summed E-state index contributed by atoms with van der Waals surface area (Å²) >= 11 is 0. The highest BCUT2D eigenvalue weighted by Gasteiger charge is 2.36. The van der Waals surface area contributed by atoms with Crippen molar-refractivity contribution in [3.05, 3.63) is 30.1 Å². The predicted octanol–water partition coefficient (Wildman–Crippen LogP) is 1.66. The Morgan fingerprint density at radius 1 is 1.41 bits per heavy atom. The Morgan fingerprint density at radius 2 is 2.26 bits per heavy atom. The molecule has 2 N–H and O–H groups in total. The molecular weight excluding hydrogens is 350 g/mol. The third kappa shape index (κ3) is 3.50. The van der Waals surface area contributed by atoms with Crippen LogP contribution in [0.3, 0.4) is 0 Å². The zero-order valence-electron chi connectivity index (χ0n) is 15.0. The summed E-state index contributed by atoms with van der Waals surface area (Å²) in [6, 6.07) is 7.26. The number of anilines is 2. The summed E-state index contributed by atoms with van der Waals surface area (Å²) in [6.07, 6.45) is 1.90. The van der Waals surface area contributed by atoms with Crippen molar-refractivity contribution in [1.82, 2.24) is 15.2 Å². The molecule has 4 rings (SSSR count). The maximum atomic E-state index is 12.6. The van der Waals surface area contributed by atoms with Crippen molar-refractivity contribution in [3.8, 4) is 5.75 Å². The Labute approximate surface area is 156 Å². The second-order valence-corrected chi connectivity index (χ2v) is 6.61. The summed E-state index contributed by atoms with van der Waals surface area (Å²) in [7, 11) is 1.55. The van der Waals surface area contributed by atoms with E-state index in [1.165, 1.54) is 0 Å². The van der Waals surface area contributed by atoms with Gasteiger partial charge in [-0.2, -0.15) is 4.98 Å². The lowest BCUT2D eigenvalue weighted by Crippen LogP contribution is -2.28. The second kappa shape index (κ2) is 7.36. The molecule has 0 saturated carbocycles. The van der Waals surface area contributed by atoms with Crippen LogP contribution in [0.4, 0.5) is 11.6 Å². The zero-order chi connectivity index (χ0) is 18.8. The fraction of sp³-hybridized carbons (Fsp3) is 0.444. The number of aromatic nitrogens is 3. The number of hydrogen-bond acceptors (Lipinski definition) is 6. The number of rotatable bonds is 5. The number of methoxy groups -OCH3 is 1. The molecule has 0 unspecified atom stereocenters. The average Bonchev–Trinajstić information content (AvgIpc) is 3.42. The third-order valence-corrected chi connectivity index (χ3v) is 4.84. The Kier molecular flexibility index (Phi) is 4.76. The van der Waals surface area contributed by atoms with Gasteiger partial charge < -0.3 is 14.4 Å². The van der Waals surface area contributed by atoms with Crippen molar-refractivity contribution >= 4 is 23.5 Å².